The van der Waals surface area contributed by atoms with Crippen molar-refractivity contribution in [3.05, 3.63) is 72.8 Å². The van der Waals surface area contributed by atoms with Crippen LogP contribution in [-0.2, 0) is 0 Å². The normalized spacial score (nSPS) is 10.0. The predicted octanol–water partition coefficient (Wildman–Crippen LogP) is 6.73. The van der Waals surface area contributed by atoms with Crippen LogP contribution < -0.4 is 0 Å². The molecule has 0 fully saturated rings. The van der Waals surface area contributed by atoms with Crippen LogP contribution in [0.25, 0.3) is 32.7 Å². The summed E-state index contributed by atoms with van der Waals surface area (Å²) in [5.41, 5.74) is 1.35. The lowest BCUT2D eigenvalue weighted by molar-refractivity contribution is 0.470. The molecule has 25 heavy (non-hydrogen) atoms. The van der Waals surface area contributed by atoms with E-state index in [1.54, 1.807) is 12.1 Å². The average Bonchev–Trinajstić information content (AvgIpc) is 2.64. The van der Waals surface area contributed by atoms with Gasteiger partial charge in [-0.15, -0.1) is 0 Å². The Hall–Kier alpha value is -3.00. The number of phenolic OH excluding ortho intramolecular Hbond substituents is 2. The first kappa shape index (κ1) is 18.3. The number of fused-ring (bicyclic) bond motifs is 2. The minimum atomic E-state index is 0. The highest BCUT2D eigenvalue weighted by atomic mass is 16.3. The number of phenols is 2. The van der Waals surface area contributed by atoms with Crippen LogP contribution in [0.1, 0.15) is 21.3 Å². The molecule has 2 nitrogen and oxygen atoms in total. The van der Waals surface area contributed by atoms with Gasteiger partial charge in [0.2, 0.25) is 0 Å². The molecular weight excluding hydrogens is 308 g/mol. The highest BCUT2D eigenvalue weighted by Crippen LogP contribution is 2.44. The Kier molecular flexibility index (Phi) is 5.66. The van der Waals surface area contributed by atoms with E-state index in [1.165, 1.54) is 0 Å². The predicted molar refractivity (Wildman–Crippen MR) is 108 cm³/mol. The smallest absolute Gasteiger partial charge is 0.124 e. The Labute approximate surface area is 149 Å². The van der Waals surface area contributed by atoms with Crippen LogP contribution in [0, 0.1) is 0 Å². The molecule has 0 atom stereocenters. The molecule has 0 saturated carbocycles. The number of hydrogen-bond acceptors (Lipinski definition) is 2. The van der Waals surface area contributed by atoms with Crippen molar-refractivity contribution in [2.45, 2.75) is 21.3 Å². The molecule has 0 heterocycles. The number of rotatable bonds is 1. The van der Waals surface area contributed by atoms with Crippen molar-refractivity contribution in [2.24, 2.45) is 0 Å². The van der Waals surface area contributed by atoms with Gasteiger partial charge in [-0.25, -0.2) is 0 Å². The maximum absolute atomic E-state index is 10.4. The minimum Gasteiger partial charge on any atom is -0.507 e. The zero-order valence-corrected chi connectivity index (χ0v) is 13.8. The number of hydrogen-bond donors (Lipinski definition) is 2. The second kappa shape index (κ2) is 7.71. The molecule has 2 N–H and O–H groups in total. The first-order chi connectivity index (χ1) is 11.8. The molecule has 4 rings (SSSR count). The van der Waals surface area contributed by atoms with E-state index in [1.807, 2.05) is 74.5 Å². The zero-order chi connectivity index (χ0) is 17.1. The summed E-state index contributed by atoms with van der Waals surface area (Å²) in [7, 11) is 0. The van der Waals surface area contributed by atoms with Crippen LogP contribution in [0.5, 0.6) is 11.5 Å². The summed E-state index contributed by atoms with van der Waals surface area (Å²) in [6, 6.07) is 22.9. The molecule has 4 aromatic carbocycles. The molecule has 0 bridgehead atoms. The van der Waals surface area contributed by atoms with Crippen LogP contribution in [0.4, 0.5) is 0 Å². The Balaban J connectivity index is 0.000000726. The third-order valence-corrected chi connectivity index (χ3v) is 4.06. The Morgan fingerprint density at radius 2 is 0.880 bits per heavy atom. The van der Waals surface area contributed by atoms with E-state index in [2.05, 4.69) is 0 Å². The van der Waals surface area contributed by atoms with Crippen LogP contribution >= 0.6 is 0 Å². The lowest BCUT2D eigenvalue weighted by atomic mass is 9.92. The van der Waals surface area contributed by atoms with Crippen molar-refractivity contribution < 1.29 is 10.2 Å². The fraction of sp³-hybridized carbons (Fsp3) is 0.130. The van der Waals surface area contributed by atoms with Crippen LogP contribution in [0.3, 0.4) is 0 Å². The summed E-state index contributed by atoms with van der Waals surface area (Å²) in [5.74, 6) is 0.343. The summed E-state index contributed by atoms with van der Waals surface area (Å²) in [4.78, 5) is 0. The monoisotopic (exact) mass is 332 g/mol. The SMILES string of the molecule is C.CC.Oc1ccc2ccccc2c1-c1c(O)ccc2ccccc12. The summed E-state index contributed by atoms with van der Waals surface area (Å²) in [6.07, 6.45) is 0. The van der Waals surface area contributed by atoms with Crippen LogP contribution in [0.2, 0.25) is 0 Å². The van der Waals surface area contributed by atoms with Gasteiger partial charge in [-0.1, -0.05) is 81.9 Å². The van der Waals surface area contributed by atoms with Gasteiger partial charge in [0.05, 0.1) is 0 Å². The van der Waals surface area contributed by atoms with Crippen molar-refractivity contribution in [2.75, 3.05) is 0 Å². The van der Waals surface area contributed by atoms with Crippen LogP contribution in [-0.4, -0.2) is 10.2 Å². The van der Waals surface area contributed by atoms with Crippen molar-refractivity contribution >= 4 is 21.5 Å². The van der Waals surface area contributed by atoms with Crippen molar-refractivity contribution in [1.82, 2.24) is 0 Å². The Bertz CT molecular complexity index is 920. The van der Waals surface area contributed by atoms with Gasteiger partial charge in [0.25, 0.3) is 0 Å². The highest BCUT2D eigenvalue weighted by molar-refractivity contribution is 6.09. The van der Waals surface area contributed by atoms with Crippen molar-refractivity contribution in [3.8, 4) is 22.6 Å². The largest absolute Gasteiger partial charge is 0.507 e. The lowest BCUT2D eigenvalue weighted by Crippen LogP contribution is -1.86. The summed E-state index contributed by atoms with van der Waals surface area (Å²) < 4.78 is 0. The standard InChI is InChI=1S/C20H14O2.C2H6.CH4/c21-17-11-9-13-5-1-3-7-15(13)19(17)20-16-8-4-2-6-14(16)10-12-18(20)22;1-2;/h1-12,21-22H;1-2H3;1H4. The van der Waals surface area contributed by atoms with Crippen molar-refractivity contribution in [1.29, 1.82) is 0 Å². The second-order valence-electron chi connectivity index (χ2n) is 5.36. The van der Waals surface area contributed by atoms with Gasteiger partial charge >= 0.3 is 0 Å². The number of benzene rings is 4. The second-order valence-corrected chi connectivity index (χ2v) is 5.36. The van der Waals surface area contributed by atoms with Gasteiger partial charge in [-0.2, -0.15) is 0 Å². The molecule has 0 unspecified atom stereocenters. The molecule has 4 aromatic rings. The van der Waals surface area contributed by atoms with Gasteiger partial charge in [0.1, 0.15) is 11.5 Å². The fourth-order valence-corrected chi connectivity index (χ4v) is 3.05. The minimum absolute atomic E-state index is 0. The van der Waals surface area contributed by atoms with E-state index < -0.39 is 0 Å². The topological polar surface area (TPSA) is 40.5 Å². The molecule has 0 aliphatic carbocycles. The van der Waals surface area contributed by atoms with Crippen LogP contribution in [0.15, 0.2) is 72.8 Å². The van der Waals surface area contributed by atoms with E-state index in [0.717, 1.165) is 21.5 Å². The third kappa shape index (κ3) is 3.16. The lowest BCUT2D eigenvalue weighted by Gasteiger charge is -2.14. The van der Waals surface area contributed by atoms with E-state index in [0.29, 0.717) is 11.1 Å². The van der Waals surface area contributed by atoms with Gasteiger partial charge < -0.3 is 10.2 Å². The number of aromatic hydroxyl groups is 2. The molecule has 0 spiro atoms. The van der Waals surface area contributed by atoms with E-state index in [4.69, 9.17) is 0 Å². The zero-order valence-electron chi connectivity index (χ0n) is 13.8. The van der Waals surface area contributed by atoms with E-state index >= 15 is 0 Å². The Morgan fingerprint density at radius 3 is 1.28 bits per heavy atom. The van der Waals surface area contributed by atoms with E-state index in [9.17, 15) is 10.2 Å². The summed E-state index contributed by atoms with van der Waals surface area (Å²) >= 11 is 0. The highest BCUT2D eigenvalue weighted by Gasteiger charge is 2.16. The molecule has 0 saturated heterocycles. The maximum Gasteiger partial charge on any atom is 0.124 e. The average molecular weight is 332 g/mol. The molecule has 0 amide bonds. The quantitative estimate of drug-likeness (QED) is 0.405. The first-order valence-electron chi connectivity index (χ1n) is 8.17. The summed E-state index contributed by atoms with van der Waals surface area (Å²) in [5, 5.41) is 24.8. The van der Waals surface area contributed by atoms with Crippen molar-refractivity contribution in [3.63, 3.8) is 0 Å². The molecule has 0 aliphatic heterocycles. The molecule has 2 heteroatoms. The summed E-state index contributed by atoms with van der Waals surface area (Å²) in [6.45, 7) is 4.00. The fourth-order valence-electron chi connectivity index (χ4n) is 3.05. The van der Waals surface area contributed by atoms with Gasteiger partial charge in [0, 0.05) is 11.1 Å². The first-order valence-corrected chi connectivity index (χ1v) is 8.17. The molecule has 0 aromatic heterocycles. The van der Waals surface area contributed by atoms with Gasteiger partial charge in [-0.3, -0.25) is 0 Å². The molecule has 128 valence electrons. The maximum atomic E-state index is 10.4. The van der Waals surface area contributed by atoms with E-state index in [-0.39, 0.29) is 18.9 Å². The third-order valence-electron chi connectivity index (χ3n) is 4.06. The molecule has 0 radical (unpaired) electrons. The molecule has 0 aliphatic rings. The van der Waals surface area contributed by atoms with Gasteiger partial charge in [0.15, 0.2) is 0 Å². The molecular formula is C23H24O2. The van der Waals surface area contributed by atoms with Gasteiger partial charge in [-0.05, 0) is 33.7 Å². The Morgan fingerprint density at radius 1 is 0.520 bits per heavy atom.